The topological polar surface area (TPSA) is 106 Å². The number of pyridine rings is 1. The zero-order chi connectivity index (χ0) is 19.3. The minimum atomic E-state index is -4.60. The van der Waals surface area contributed by atoms with Crippen molar-refractivity contribution in [1.82, 2.24) is 15.0 Å². The summed E-state index contributed by atoms with van der Waals surface area (Å²) in [5.74, 6) is -0.442. The summed E-state index contributed by atoms with van der Waals surface area (Å²) in [6.45, 7) is 2.43. The summed E-state index contributed by atoms with van der Waals surface area (Å²) in [5, 5.41) is 16.3. The maximum Gasteiger partial charge on any atom is 0.417 e. The largest absolute Gasteiger partial charge is 0.417 e. The molecule has 2 heterocycles. The predicted molar refractivity (Wildman–Crippen MR) is 89.6 cm³/mol. The molecule has 0 fully saturated rings. The molecule has 0 radical (unpaired) electrons. The molecule has 0 atom stereocenters. The van der Waals surface area contributed by atoms with Crippen LogP contribution in [0.25, 0.3) is 0 Å². The molecule has 0 aliphatic heterocycles. The van der Waals surface area contributed by atoms with E-state index in [9.17, 15) is 23.3 Å². The maximum atomic E-state index is 12.7. The zero-order valence-electron chi connectivity index (χ0n) is 13.5. The molecule has 26 heavy (non-hydrogen) atoms. The van der Waals surface area contributed by atoms with Gasteiger partial charge >= 0.3 is 11.9 Å². The van der Waals surface area contributed by atoms with Crippen molar-refractivity contribution in [3.05, 3.63) is 39.3 Å². The molecule has 0 aliphatic rings. The van der Waals surface area contributed by atoms with Crippen LogP contribution in [0.4, 0.5) is 36.3 Å². The number of nitro groups is 1. The van der Waals surface area contributed by atoms with Crippen LogP contribution in [-0.4, -0.2) is 26.4 Å². The van der Waals surface area contributed by atoms with E-state index >= 15 is 0 Å². The number of nitrogens with one attached hydrogen (secondary N) is 2. The number of hydrogen-bond donors (Lipinski definition) is 2. The number of anilines is 3. The summed E-state index contributed by atoms with van der Waals surface area (Å²) in [7, 11) is 0. The third kappa shape index (κ3) is 4.69. The monoisotopic (exact) mass is 390 g/mol. The first kappa shape index (κ1) is 19.6. The van der Waals surface area contributed by atoms with Gasteiger partial charge in [-0.2, -0.15) is 13.2 Å². The predicted octanol–water partition coefficient (Wildman–Crippen LogP) is 4.41. The molecular formula is C14H14ClF3N6O2. The van der Waals surface area contributed by atoms with Gasteiger partial charge in [0.05, 0.1) is 15.5 Å². The van der Waals surface area contributed by atoms with Crippen LogP contribution >= 0.6 is 11.6 Å². The Balaban J connectivity index is 2.34. The van der Waals surface area contributed by atoms with Crippen LogP contribution in [0.3, 0.4) is 0 Å². The molecule has 2 N–H and O–H groups in total. The lowest BCUT2D eigenvalue weighted by Crippen LogP contribution is -2.10. The van der Waals surface area contributed by atoms with Crippen molar-refractivity contribution in [3.63, 3.8) is 0 Å². The van der Waals surface area contributed by atoms with Crippen LogP contribution in [0.2, 0.25) is 5.02 Å². The molecule has 0 aliphatic carbocycles. The number of nitrogens with zero attached hydrogens (tertiary/aromatic N) is 4. The Bertz CT molecular complexity index is 803. The Morgan fingerprint density at radius 1 is 1.23 bits per heavy atom. The first-order valence-electron chi connectivity index (χ1n) is 7.47. The highest BCUT2D eigenvalue weighted by atomic mass is 35.5. The van der Waals surface area contributed by atoms with Crippen molar-refractivity contribution >= 4 is 34.7 Å². The van der Waals surface area contributed by atoms with E-state index in [1.54, 1.807) is 0 Å². The van der Waals surface area contributed by atoms with Crippen LogP contribution in [0.1, 0.15) is 25.3 Å². The molecule has 0 amide bonds. The number of unbranched alkanes of at least 4 members (excludes halogenated alkanes) is 1. The van der Waals surface area contributed by atoms with Gasteiger partial charge in [-0.05, 0) is 12.5 Å². The second kappa shape index (κ2) is 8.13. The van der Waals surface area contributed by atoms with E-state index in [1.807, 2.05) is 6.92 Å². The quantitative estimate of drug-likeness (QED) is 0.409. The fraction of sp³-hybridized carbons (Fsp3) is 0.357. The summed E-state index contributed by atoms with van der Waals surface area (Å²) in [4.78, 5) is 21.9. The number of aromatic nitrogens is 3. The third-order valence-electron chi connectivity index (χ3n) is 3.23. The zero-order valence-corrected chi connectivity index (χ0v) is 14.2. The highest BCUT2D eigenvalue weighted by molar-refractivity contribution is 6.33. The summed E-state index contributed by atoms with van der Waals surface area (Å²) in [6, 6.07) is 0.671. The highest BCUT2D eigenvalue weighted by Gasteiger charge is 2.32. The lowest BCUT2D eigenvalue weighted by atomic mass is 10.2. The molecule has 0 aromatic carbocycles. The molecule has 2 rings (SSSR count). The lowest BCUT2D eigenvalue weighted by molar-refractivity contribution is -0.383. The molecule has 12 heteroatoms. The minimum Gasteiger partial charge on any atom is -0.364 e. The maximum absolute atomic E-state index is 12.7. The van der Waals surface area contributed by atoms with Gasteiger partial charge in [0.15, 0.2) is 5.82 Å². The molecule has 0 spiro atoms. The SMILES string of the molecule is CCCCNc1ncnc(Nc2ncc(C(F)(F)F)cc2Cl)c1[N+](=O)[O-]. The summed E-state index contributed by atoms with van der Waals surface area (Å²) >= 11 is 5.81. The molecule has 0 bridgehead atoms. The molecule has 0 saturated carbocycles. The molecule has 0 saturated heterocycles. The Hall–Kier alpha value is -2.69. The van der Waals surface area contributed by atoms with E-state index in [4.69, 9.17) is 11.6 Å². The fourth-order valence-corrected chi connectivity index (χ4v) is 2.17. The van der Waals surface area contributed by atoms with Gasteiger partial charge in [-0.3, -0.25) is 10.1 Å². The van der Waals surface area contributed by atoms with Crippen LogP contribution < -0.4 is 10.6 Å². The average Bonchev–Trinajstić information content (AvgIpc) is 2.56. The van der Waals surface area contributed by atoms with Crippen LogP contribution in [0, 0.1) is 10.1 Å². The van der Waals surface area contributed by atoms with Gasteiger partial charge in [0.25, 0.3) is 0 Å². The number of halogens is 4. The second-order valence-corrected chi connectivity index (χ2v) is 5.54. The van der Waals surface area contributed by atoms with Crippen LogP contribution in [0.15, 0.2) is 18.6 Å². The summed E-state index contributed by atoms with van der Waals surface area (Å²) in [5.41, 5.74) is -1.49. The normalized spacial score (nSPS) is 11.3. The van der Waals surface area contributed by atoms with Gasteiger partial charge < -0.3 is 10.6 Å². The fourth-order valence-electron chi connectivity index (χ4n) is 1.95. The summed E-state index contributed by atoms with van der Waals surface area (Å²) in [6.07, 6.45) is -1.30. The Morgan fingerprint density at radius 2 is 1.92 bits per heavy atom. The van der Waals surface area contributed by atoms with Gasteiger partial charge in [0.1, 0.15) is 6.33 Å². The standard InChI is InChI=1S/C14H14ClF3N6O2/c1-2-3-4-19-12-10(24(25)26)13(22-7-21-12)23-11-9(15)5-8(6-20-11)14(16,17)18/h5-7H,2-4H2,1H3,(H2,19,20,21,22,23). The van der Waals surface area contributed by atoms with Gasteiger partial charge in [-0.25, -0.2) is 15.0 Å². The van der Waals surface area contributed by atoms with E-state index < -0.39 is 22.4 Å². The smallest absolute Gasteiger partial charge is 0.364 e. The van der Waals surface area contributed by atoms with E-state index in [1.165, 1.54) is 0 Å². The molecule has 0 unspecified atom stereocenters. The van der Waals surface area contributed by atoms with Gasteiger partial charge in [0.2, 0.25) is 11.6 Å². The Kier molecular flexibility index (Phi) is 6.14. The number of rotatable bonds is 7. The van der Waals surface area contributed by atoms with Crippen molar-refractivity contribution in [2.45, 2.75) is 25.9 Å². The van der Waals surface area contributed by atoms with Gasteiger partial charge in [-0.15, -0.1) is 0 Å². The van der Waals surface area contributed by atoms with Gasteiger partial charge in [0, 0.05) is 12.7 Å². The van der Waals surface area contributed by atoms with Crippen molar-refractivity contribution in [2.75, 3.05) is 17.2 Å². The molecule has 8 nitrogen and oxygen atoms in total. The van der Waals surface area contributed by atoms with E-state index in [0.29, 0.717) is 18.8 Å². The lowest BCUT2D eigenvalue weighted by Gasteiger charge is -2.11. The third-order valence-corrected chi connectivity index (χ3v) is 3.52. The highest BCUT2D eigenvalue weighted by Crippen LogP contribution is 2.35. The van der Waals surface area contributed by atoms with E-state index in [2.05, 4.69) is 25.6 Å². The van der Waals surface area contributed by atoms with Crippen LogP contribution in [-0.2, 0) is 6.18 Å². The average molecular weight is 391 g/mol. The van der Waals surface area contributed by atoms with Crippen LogP contribution in [0.5, 0.6) is 0 Å². The van der Waals surface area contributed by atoms with Crippen molar-refractivity contribution in [3.8, 4) is 0 Å². The number of alkyl halides is 3. The molecule has 140 valence electrons. The molecular weight excluding hydrogens is 377 g/mol. The van der Waals surface area contributed by atoms with Crippen molar-refractivity contribution < 1.29 is 18.1 Å². The van der Waals surface area contributed by atoms with Crippen molar-refractivity contribution in [1.29, 1.82) is 0 Å². The Morgan fingerprint density at radius 3 is 2.50 bits per heavy atom. The first-order chi connectivity index (χ1) is 12.2. The summed E-state index contributed by atoms with van der Waals surface area (Å²) < 4.78 is 38.0. The number of hydrogen-bond acceptors (Lipinski definition) is 7. The minimum absolute atomic E-state index is 0.0102. The van der Waals surface area contributed by atoms with Crippen molar-refractivity contribution in [2.24, 2.45) is 0 Å². The van der Waals surface area contributed by atoms with E-state index in [-0.39, 0.29) is 22.5 Å². The molecule has 2 aromatic heterocycles. The Labute approximate surface area is 151 Å². The second-order valence-electron chi connectivity index (χ2n) is 5.13. The van der Waals surface area contributed by atoms with Gasteiger partial charge in [-0.1, -0.05) is 24.9 Å². The first-order valence-corrected chi connectivity index (χ1v) is 7.84. The molecule has 2 aromatic rings. The van der Waals surface area contributed by atoms with E-state index in [0.717, 1.165) is 19.2 Å².